The standard InChI is InChI=1S/C19H20N2O5/c1-4-25-16(22)11-21-19(23)17-18(26-24)13(3)15(10-20-17)12(2)14-8-6-5-7-9-14/h5-10,24H,2,4,11H2,1,3H3,(H,21,23). The highest BCUT2D eigenvalue weighted by molar-refractivity contribution is 5.97. The van der Waals surface area contributed by atoms with Crippen LogP contribution in [0, 0.1) is 6.92 Å². The maximum Gasteiger partial charge on any atom is 0.325 e. The summed E-state index contributed by atoms with van der Waals surface area (Å²) in [6.07, 6.45) is 1.48. The Labute approximate surface area is 151 Å². The Morgan fingerprint density at radius 3 is 2.58 bits per heavy atom. The highest BCUT2D eigenvalue weighted by Gasteiger charge is 2.21. The van der Waals surface area contributed by atoms with E-state index in [1.807, 2.05) is 30.3 Å². The Balaban J connectivity index is 2.28. The first-order valence-corrected chi connectivity index (χ1v) is 7.99. The number of ether oxygens (including phenoxy) is 1. The first kappa shape index (κ1) is 19.1. The van der Waals surface area contributed by atoms with Gasteiger partial charge in [0.05, 0.1) is 6.61 Å². The molecule has 1 aromatic carbocycles. The number of nitrogens with zero attached hydrogens (tertiary/aromatic N) is 1. The Morgan fingerprint density at radius 2 is 1.96 bits per heavy atom. The Bertz CT molecular complexity index is 818. The molecule has 0 radical (unpaired) electrons. The lowest BCUT2D eigenvalue weighted by Gasteiger charge is -2.14. The van der Waals surface area contributed by atoms with Gasteiger partial charge in [0.25, 0.3) is 5.91 Å². The van der Waals surface area contributed by atoms with Crippen LogP contribution >= 0.6 is 0 Å². The van der Waals surface area contributed by atoms with Crippen molar-refractivity contribution in [2.75, 3.05) is 13.2 Å². The predicted molar refractivity (Wildman–Crippen MR) is 95.8 cm³/mol. The molecule has 0 aliphatic rings. The fourth-order valence-corrected chi connectivity index (χ4v) is 2.41. The molecule has 0 aliphatic heterocycles. The van der Waals surface area contributed by atoms with Crippen LogP contribution in [0.3, 0.4) is 0 Å². The lowest BCUT2D eigenvalue weighted by atomic mass is 9.96. The van der Waals surface area contributed by atoms with Gasteiger partial charge < -0.3 is 14.9 Å². The first-order valence-electron chi connectivity index (χ1n) is 7.99. The minimum absolute atomic E-state index is 0.0964. The maximum absolute atomic E-state index is 12.2. The number of carbonyl (C=O) groups is 2. The van der Waals surface area contributed by atoms with E-state index in [0.29, 0.717) is 16.7 Å². The van der Waals surface area contributed by atoms with Crippen molar-refractivity contribution in [2.24, 2.45) is 0 Å². The highest BCUT2D eigenvalue weighted by Crippen LogP contribution is 2.31. The van der Waals surface area contributed by atoms with E-state index in [9.17, 15) is 14.8 Å². The van der Waals surface area contributed by atoms with Gasteiger partial charge in [-0.1, -0.05) is 36.9 Å². The molecular weight excluding hydrogens is 336 g/mol. The fourth-order valence-electron chi connectivity index (χ4n) is 2.41. The molecule has 0 saturated carbocycles. The van der Waals surface area contributed by atoms with E-state index in [1.54, 1.807) is 13.8 Å². The van der Waals surface area contributed by atoms with Crippen LogP contribution < -0.4 is 10.2 Å². The zero-order chi connectivity index (χ0) is 19.1. The van der Waals surface area contributed by atoms with Gasteiger partial charge >= 0.3 is 5.97 Å². The number of pyridine rings is 1. The van der Waals surface area contributed by atoms with E-state index in [-0.39, 0.29) is 24.6 Å². The molecule has 7 heteroatoms. The topological polar surface area (TPSA) is 97.8 Å². The van der Waals surface area contributed by atoms with Crippen LogP contribution in [0.2, 0.25) is 0 Å². The molecule has 1 amide bonds. The normalized spacial score (nSPS) is 10.1. The molecule has 2 N–H and O–H groups in total. The summed E-state index contributed by atoms with van der Waals surface area (Å²) in [6, 6.07) is 9.43. The van der Waals surface area contributed by atoms with E-state index in [1.165, 1.54) is 6.20 Å². The number of carbonyl (C=O) groups excluding carboxylic acids is 2. The van der Waals surface area contributed by atoms with Crippen LogP contribution in [0.25, 0.3) is 5.57 Å². The number of hydrogen-bond acceptors (Lipinski definition) is 6. The highest BCUT2D eigenvalue weighted by atomic mass is 17.1. The van der Waals surface area contributed by atoms with Crippen LogP contribution in [-0.4, -0.2) is 35.3 Å². The van der Waals surface area contributed by atoms with Crippen LogP contribution in [0.5, 0.6) is 5.75 Å². The van der Waals surface area contributed by atoms with Crippen molar-refractivity contribution in [3.8, 4) is 5.75 Å². The van der Waals surface area contributed by atoms with E-state index in [0.717, 1.165) is 5.56 Å². The fraction of sp³-hybridized carbons (Fsp3) is 0.211. The number of aromatic nitrogens is 1. The summed E-state index contributed by atoms with van der Waals surface area (Å²) >= 11 is 0. The van der Waals surface area contributed by atoms with Gasteiger partial charge in [0.2, 0.25) is 0 Å². The second kappa shape index (κ2) is 8.77. The summed E-state index contributed by atoms with van der Waals surface area (Å²) in [6.45, 7) is 7.30. The van der Waals surface area contributed by atoms with E-state index < -0.39 is 11.9 Å². The van der Waals surface area contributed by atoms with Gasteiger partial charge in [-0.3, -0.25) is 9.59 Å². The molecule has 0 unspecified atom stereocenters. The van der Waals surface area contributed by atoms with Gasteiger partial charge in [0.1, 0.15) is 6.54 Å². The summed E-state index contributed by atoms with van der Waals surface area (Å²) < 4.78 is 4.74. The molecule has 0 bridgehead atoms. The van der Waals surface area contributed by atoms with Crippen LogP contribution in [-0.2, 0) is 9.53 Å². The van der Waals surface area contributed by atoms with Crippen LogP contribution in [0.1, 0.15) is 34.1 Å². The van der Waals surface area contributed by atoms with Crippen molar-refractivity contribution in [3.63, 3.8) is 0 Å². The summed E-state index contributed by atoms with van der Waals surface area (Å²) in [5.74, 6) is -1.33. The van der Waals surface area contributed by atoms with Crippen molar-refractivity contribution in [3.05, 3.63) is 65.5 Å². The van der Waals surface area contributed by atoms with E-state index in [4.69, 9.17) is 4.74 Å². The van der Waals surface area contributed by atoms with Crippen LogP contribution in [0.15, 0.2) is 43.1 Å². The minimum Gasteiger partial charge on any atom is -0.465 e. The SMILES string of the molecule is C=C(c1ccccc1)c1cnc(C(=O)NCC(=O)OCC)c(OO)c1C. The molecule has 1 heterocycles. The first-order chi connectivity index (χ1) is 12.5. The average Bonchev–Trinajstić information content (AvgIpc) is 2.66. The molecule has 0 aliphatic carbocycles. The van der Waals surface area contributed by atoms with Crippen LogP contribution in [0.4, 0.5) is 0 Å². The molecule has 1 aromatic heterocycles. The molecule has 2 aromatic rings. The smallest absolute Gasteiger partial charge is 0.325 e. The minimum atomic E-state index is -0.665. The van der Waals surface area contributed by atoms with Crippen molar-refractivity contribution >= 4 is 17.4 Å². The maximum atomic E-state index is 12.2. The largest absolute Gasteiger partial charge is 0.465 e. The van der Waals surface area contributed by atoms with Gasteiger partial charge in [0.15, 0.2) is 11.4 Å². The number of benzene rings is 1. The molecule has 26 heavy (non-hydrogen) atoms. The lowest BCUT2D eigenvalue weighted by Crippen LogP contribution is -2.31. The Kier molecular flexibility index (Phi) is 6.46. The predicted octanol–water partition coefficient (Wildman–Crippen LogP) is 2.60. The summed E-state index contributed by atoms with van der Waals surface area (Å²) in [5, 5.41) is 11.6. The molecule has 0 atom stereocenters. The van der Waals surface area contributed by atoms with Gasteiger partial charge in [-0.05, 0) is 25.0 Å². The quantitative estimate of drug-likeness (QED) is 0.450. The second-order valence-corrected chi connectivity index (χ2v) is 5.40. The van der Waals surface area contributed by atoms with Crippen molar-refractivity contribution in [1.82, 2.24) is 10.3 Å². The van der Waals surface area contributed by atoms with Gasteiger partial charge in [0, 0.05) is 17.3 Å². The molecular formula is C19H20N2O5. The summed E-state index contributed by atoms with van der Waals surface area (Å²) in [4.78, 5) is 32.1. The van der Waals surface area contributed by atoms with Gasteiger partial charge in [-0.25, -0.2) is 10.2 Å². The molecule has 0 fully saturated rings. The molecule has 7 nitrogen and oxygen atoms in total. The molecule has 2 rings (SSSR count). The van der Waals surface area contributed by atoms with E-state index >= 15 is 0 Å². The number of rotatable bonds is 7. The number of hydrogen-bond donors (Lipinski definition) is 2. The lowest BCUT2D eigenvalue weighted by molar-refractivity contribution is -0.141. The number of amides is 1. The Morgan fingerprint density at radius 1 is 1.27 bits per heavy atom. The van der Waals surface area contributed by atoms with Crippen molar-refractivity contribution in [1.29, 1.82) is 0 Å². The molecule has 0 spiro atoms. The third kappa shape index (κ3) is 4.25. The summed E-state index contributed by atoms with van der Waals surface area (Å²) in [7, 11) is 0. The van der Waals surface area contributed by atoms with Gasteiger partial charge in [-0.2, -0.15) is 0 Å². The monoisotopic (exact) mass is 356 g/mol. The Hall–Kier alpha value is -3.19. The molecule has 0 saturated heterocycles. The second-order valence-electron chi connectivity index (χ2n) is 5.40. The number of esters is 1. The zero-order valence-corrected chi connectivity index (χ0v) is 14.6. The third-order valence-corrected chi connectivity index (χ3v) is 3.73. The third-order valence-electron chi connectivity index (χ3n) is 3.73. The zero-order valence-electron chi connectivity index (χ0n) is 14.6. The molecule has 136 valence electrons. The number of nitrogens with one attached hydrogen (secondary N) is 1. The summed E-state index contributed by atoms with van der Waals surface area (Å²) in [5.41, 5.74) is 2.53. The van der Waals surface area contributed by atoms with Crippen molar-refractivity contribution < 1.29 is 24.5 Å². The van der Waals surface area contributed by atoms with E-state index in [2.05, 4.69) is 21.8 Å². The average molecular weight is 356 g/mol. The van der Waals surface area contributed by atoms with Gasteiger partial charge in [-0.15, -0.1) is 0 Å². The van der Waals surface area contributed by atoms with Crippen molar-refractivity contribution in [2.45, 2.75) is 13.8 Å².